The van der Waals surface area contributed by atoms with Gasteiger partial charge >= 0.3 is 0 Å². The van der Waals surface area contributed by atoms with Crippen LogP contribution in [0.5, 0.6) is 0 Å². The van der Waals surface area contributed by atoms with Crippen molar-refractivity contribution in [3.05, 3.63) is 29.8 Å². The molecule has 0 radical (unpaired) electrons. The highest BCUT2D eigenvalue weighted by atomic mass is 32.2. The van der Waals surface area contributed by atoms with Crippen molar-refractivity contribution in [3.63, 3.8) is 0 Å². The Morgan fingerprint density at radius 3 is 2.54 bits per heavy atom. The minimum absolute atomic E-state index is 0.0125. The van der Waals surface area contributed by atoms with Gasteiger partial charge in [-0.1, -0.05) is 31.4 Å². The highest BCUT2D eigenvalue weighted by Gasteiger charge is 2.36. The summed E-state index contributed by atoms with van der Waals surface area (Å²) < 4.78 is 27.8. The van der Waals surface area contributed by atoms with E-state index in [1.54, 1.807) is 4.31 Å². The number of nitrogens with zero attached hydrogens (tertiary/aromatic N) is 2. The molecule has 1 aliphatic carbocycles. The van der Waals surface area contributed by atoms with E-state index >= 15 is 0 Å². The zero-order chi connectivity index (χ0) is 17.2. The molecule has 134 valence electrons. The third-order valence-electron chi connectivity index (χ3n) is 5.50. The topological polar surface area (TPSA) is 40.6 Å². The number of hydrogen-bond acceptors (Lipinski definition) is 3. The van der Waals surface area contributed by atoms with Crippen molar-refractivity contribution >= 4 is 15.7 Å². The first-order valence-electron chi connectivity index (χ1n) is 9.24. The van der Waals surface area contributed by atoms with Crippen molar-refractivity contribution in [3.8, 4) is 0 Å². The molecule has 1 aliphatic heterocycles. The van der Waals surface area contributed by atoms with E-state index in [1.165, 1.54) is 19.3 Å². The molecule has 2 aliphatic rings. The van der Waals surface area contributed by atoms with Gasteiger partial charge in [-0.3, -0.25) is 0 Å². The lowest BCUT2D eigenvalue weighted by Gasteiger charge is -2.28. The van der Waals surface area contributed by atoms with Crippen LogP contribution in [0, 0.1) is 5.92 Å². The van der Waals surface area contributed by atoms with Crippen LogP contribution >= 0.6 is 0 Å². The minimum atomic E-state index is -3.17. The van der Waals surface area contributed by atoms with E-state index in [-0.39, 0.29) is 6.04 Å². The highest BCUT2D eigenvalue weighted by molar-refractivity contribution is 7.89. The molecular formula is C19H30N2O2S. The second-order valence-corrected chi connectivity index (χ2v) is 9.51. The molecule has 4 nitrogen and oxygen atoms in total. The van der Waals surface area contributed by atoms with Crippen molar-refractivity contribution in [1.29, 1.82) is 0 Å². The van der Waals surface area contributed by atoms with E-state index in [1.807, 2.05) is 20.2 Å². The molecule has 2 fully saturated rings. The normalized spacial score (nSPS) is 23.5. The molecule has 1 aromatic rings. The van der Waals surface area contributed by atoms with Gasteiger partial charge in [-0.05, 0) is 49.3 Å². The lowest BCUT2D eigenvalue weighted by molar-refractivity contribution is 0.359. The Morgan fingerprint density at radius 1 is 1.08 bits per heavy atom. The van der Waals surface area contributed by atoms with Crippen LogP contribution in [-0.2, 0) is 10.0 Å². The molecule has 1 saturated carbocycles. The van der Waals surface area contributed by atoms with Crippen molar-refractivity contribution < 1.29 is 8.42 Å². The fourth-order valence-electron chi connectivity index (χ4n) is 4.16. The molecule has 3 rings (SSSR count). The second-order valence-electron chi connectivity index (χ2n) is 7.54. The lowest BCUT2D eigenvalue weighted by atomic mass is 9.91. The Morgan fingerprint density at radius 2 is 1.83 bits per heavy atom. The SMILES string of the molecule is CN(C)c1cccc(C2CCCN2S(=O)(=O)CC2CCCCC2)c1. The van der Waals surface area contributed by atoms with E-state index in [0.29, 0.717) is 18.2 Å². The van der Waals surface area contributed by atoms with Gasteiger partial charge in [0.05, 0.1) is 5.75 Å². The van der Waals surface area contributed by atoms with Crippen LogP contribution in [0.15, 0.2) is 24.3 Å². The molecule has 0 N–H and O–H groups in total. The number of anilines is 1. The second kappa shape index (κ2) is 7.44. The monoisotopic (exact) mass is 350 g/mol. The van der Waals surface area contributed by atoms with Gasteiger partial charge in [0.25, 0.3) is 0 Å². The maximum atomic E-state index is 13.0. The van der Waals surface area contributed by atoms with E-state index in [4.69, 9.17) is 0 Å². The molecule has 5 heteroatoms. The average Bonchev–Trinajstić information content (AvgIpc) is 3.06. The summed E-state index contributed by atoms with van der Waals surface area (Å²) >= 11 is 0. The van der Waals surface area contributed by atoms with E-state index in [9.17, 15) is 8.42 Å². The van der Waals surface area contributed by atoms with Crippen molar-refractivity contribution in [2.75, 3.05) is 31.3 Å². The predicted octanol–water partition coefficient (Wildman–Crippen LogP) is 3.80. The fourth-order valence-corrected chi connectivity index (χ4v) is 6.31. The molecule has 1 saturated heterocycles. The minimum Gasteiger partial charge on any atom is -0.378 e. The maximum absolute atomic E-state index is 13.0. The molecule has 1 atom stereocenters. The van der Waals surface area contributed by atoms with Gasteiger partial charge in [0.1, 0.15) is 0 Å². The van der Waals surface area contributed by atoms with Crippen LogP contribution in [0.1, 0.15) is 56.6 Å². The zero-order valence-electron chi connectivity index (χ0n) is 14.9. The third-order valence-corrected chi connectivity index (χ3v) is 7.55. The Labute approximate surface area is 146 Å². The summed E-state index contributed by atoms with van der Waals surface area (Å²) in [6.07, 6.45) is 7.69. The van der Waals surface area contributed by atoms with Gasteiger partial charge in [0.15, 0.2) is 0 Å². The summed E-state index contributed by atoms with van der Waals surface area (Å²) in [5, 5.41) is 0. The highest BCUT2D eigenvalue weighted by Crippen LogP contribution is 2.37. The van der Waals surface area contributed by atoms with Crippen LogP contribution in [0.4, 0.5) is 5.69 Å². The maximum Gasteiger partial charge on any atom is 0.214 e. The Balaban J connectivity index is 1.78. The Kier molecular flexibility index (Phi) is 5.50. The standard InChI is InChI=1S/C19H30N2O2S/c1-20(2)18-11-6-10-17(14-18)19-12-7-13-21(19)24(22,23)15-16-8-4-3-5-9-16/h6,10-11,14,16,19H,3-5,7-9,12-13,15H2,1-2H3. The van der Waals surface area contributed by atoms with Crippen LogP contribution in [-0.4, -0.2) is 39.1 Å². The quantitative estimate of drug-likeness (QED) is 0.811. The number of sulfonamides is 1. The smallest absolute Gasteiger partial charge is 0.214 e. The fraction of sp³-hybridized carbons (Fsp3) is 0.684. The summed E-state index contributed by atoms with van der Waals surface area (Å²) in [6, 6.07) is 8.33. The summed E-state index contributed by atoms with van der Waals surface area (Å²) in [5.74, 6) is 0.703. The first-order chi connectivity index (χ1) is 11.5. The molecule has 1 heterocycles. The summed E-state index contributed by atoms with van der Waals surface area (Å²) in [4.78, 5) is 2.07. The molecule has 0 amide bonds. The van der Waals surface area contributed by atoms with Crippen LogP contribution in [0.2, 0.25) is 0 Å². The third kappa shape index (κ3) is 3.94. The largest absolute Gasteiger partial charge is 0.378 e. The lowest BCUT2D eigenvalue weighted by Crippen LogP contribution is -2.35. The summed E-state index contributed by atoms with van der Waals surface area (Å²) in [6.45, 7) is 0.673. The Bertz CT molecular complexity index is 651. The van der Waals surface area contributed by atoms with Gasteiger partial charge in [-0.2, -0.15) is 4.31 Å². The molecule has 0 spiro atoms. The van der Waals surface area contributed by atoms with Gasteiger partial charge < -0.3 is 4.90 Å². The van der Waals surface area contributed by atoms with Crippen LogP contribution in [0.25, 0.3) is 0 Å². The summed E-state index contributed by atoms with van der Waals surface area (Å²) in [5.41, 5.74) is 2.26. The van der Waals surface area contributed by atoms with Crippen molar-refractivity contribution in [2.24, 2.45) is 5.92 Å². The van der Waals surface area contributed by atoms with E-state index in [0.717, 1.165) is 36.9 Å². The molecule has 0 bridgehead atoms. The molecule has 1 aromatic carbocycles. The zero-order valence-corrected chi connectivity index (χ0v) is 15.8. The first-order valence-corrected chi connectivity index (χ1v) is 10.8. The number of rotatable bonds is 5. The predicted molar refractivity (Wildman–Crippen MR) is 99.8 cm³/mol. The van der Waals surface area contributed by atoms with Gasteiger partial charge in [-0.25, -0.2) is 8.42 Å². The number of hydrogen-bond donors (Lipinski definition) is 0. The van der Waals surface area contributed by atoms with Gasteiger partial charge in [0.2, 0.25) is 10.0 Å². The first kappa shape index (κ1) is 17.7. The average molecular weight is 351 g/mol. The molecule has 0 aromatic heterocycles. The molecule has 1 unspecified atom stereocenters. The Hall–Kier alpha value is -1.07. The molecule has 24 heavy (non-hydrogen) atoms. The van der Waals surface area contributed by atoms with Gasteiger partial charge in [0, 0.05) is 32.4 Å². The van der Waals surface area contributed by atoms with Gasteiger partial charge in [-0.15, -0.1) is 0 Å². The van der Waals surface area contributed by atoms with E-state index < -0.39 is 10.0 Å². The van der Waals surface area contributed by atoms with Crippen LogP contribution in [0.3, 0.4) is 0 Å². The van der Waals surface area contributed by atoms with Crippen LogP contribution < -0.4 is 4.90 Å². The van der Waals surface area contributed by atoms with E-state index in [2.05, 4.69) is 23.1 Å². The van der Waals surface area contributed by atoms with Crippen molar-refractivity contribution in [2.45, 2.75) is 51.0 Å². The molecular weight excluding hydrogens is 320 g/mol. The van der Waals surface area contributed by atoms with Crippen molar-refractivity contribution in [1.82, 2.24) is 4.31 Å². The summed E-state index contributed by atoms with van der Waals surface area (Å²) in [7, 11) is 0.868. The number of benzene rings is 1.